The normalized spacial score (nSPS) is 14.6. The highest BCUT2D eigenvalue weighted by molar-refractivity contribution is 7.16. The van der Waals surface area contributed by atoms with Crippen LogP contribution < -0.4 is 10.2 Å². The van der Waals surface area contributed by atoms with E-state index in [0.717, 1.165) is 18.9 Å². The molecule has 2 aromatic rings. The molecule has 0 bridgehead atoms. The smallest absolute Gasteiger partial charge is 0.265 e. The maximum atomic E-state index is 12.2. The number of ether oxygens (including phenoxy) is 1. The van der Waals surface area contributed by atoms with Gasteiger partial charge in [-0.15, -0.1) is 11.3 Å². The molecule has 3 heterocycles. The van der Waals surface area contributed by atoms with Crippen molar-refractivity contribution in [2.75, 3.05) is 36.5 Å². The molecule has 2 aromatic heterocycles. The van der Waals surface area contributed by atoms with Crippen LogP contribution in [0.4, 0.5) is 11.5 Å². The van der Waals surface area contributed by atoms with Crippen LogP contribution >= 0.6 is 11.3 Å². The van der Waals surface area contributed by atoms with Gasteiger partial charge in [-0.2, -0.15) is 0 Å². The van der Waals surface area contributed by atoms with Crippen molar-refractivity contribution in [3.05, 3.63) is 40.2 Å². The Morgan fingerprint density at radius 3 is 2.52 bits per heavy atom. The fourth-order valence-electron chi connectivity index (χ4n) is 2.28. The Labute approximate surface area is 138 Å². The van der Waals surface area contributed by atoms with Crippen LogP contribution in [0.5, 0.6) is 0 Å². The van der Waals surface area contributed by atoms with Crippen molar-refractivity contribution in [3.8, 4) is 0 Å². The minimum Gasteiger partial charge on any atom is -0.378 e. The van der Waals surface area contributed by atoms with Gasteiger partial charge >= 0.3 is 0 Å². The van der Waals surface area contributed by atoms with Crippen LogP contribution in [0.15, 0.2) is 30.5 Å². The van der Waals surface area contributed by atoms with Crippen molar-refractivity contribution in [1.29, 1.82) is 0 Å². The third-order valence-electron chi connectivity index (χ3n) is 3.52. The molecule has 120 valence electrons. The molecule has 23 heavy (non-hydrogen) atoms. The van der Waals surface area contributed by atoms with Gasteiger partial charge in [0, 0.05) is 13.1 Å². The van der Waals surface area contributed by atoms with Crippen LogP contribution in [0, 0.1) is 0 Å². The van der Waals surface area contributed by atoms with Crippen LogP contribution in [0.3, 0.4) is 0 Å². The summed E-state index contributed by atoms with van der Waals surface area (Å²) in [6.07, 6.45) is 1.64. The van der Waals surface area contributed by atoms with Crippen molar-refractivity contribution in [3.63, 3.8) is 0 Å². The lowest BCUT2D eigenvalue weighted by atomic mass is 10.3. The van der Waals surface area contributed by atoms with Gasteiger partial charge in [-0.1, -0.05) is 0 Å². The van der Waals surface area contributed by atoms with Gasteiger partial charge in [0.05, 0.1) is 34.9 Å². The highest BCUT2D eigenvalue weighted by Crippen LogP contribution is 2.20. The highest BCUT2D eigenvalue weighted by Gasteiger charge is 2.14. The van der Waals surface area contributed by atoms with Crippen LogP contribution in [0.1, 0.15) is 26.3 Å². The topological polar surface area (TPSA) is 71.5 Å². The summed E-state index contributed by atoms with van der Waals surface area (Å²) in [5, 5.41) is 2.80. The summed E-state index contributed by atoms with van der Waals surface area (Å²) in [5.74, 6) is 0.607. The molecule has 1 aliphatic heterocycles. The first kappa shape index (κ1) is 15.6. The van der Waals surface area contributed by atoms with Crippen LogP contribution in [-0.2, 0) is 4.74 Å². The van der Waals surface area contributed by atoms with Gasteiger partial charge in [0.2, 0.25) is 0 Å². The minimum atomic E-state index is -0.233. The zero-order valence-electron chi connectivity index (χ0n) is 12.7. The molecule has 0 atom stereocenters. The number of Topliss-reactive ketones (excluding diaryl/α,β-unsaturated/α-hetero) is 1. The van der Waals surface area contributed by atoms with E-state index < -0.39 is 0 Å². The van der Waals surface area contributed by atoms with Crippen LogP contribution in [0.2, 0.25) is 0 Å². The molecule has 1 aliphatic rings. The number of hydrogen-bond acceptors (Lipinski definition) is 6. The lowest BCUT2D eigenvalue weighted by molar-refractivity contribution is 0.101. The summed E-state index contributed by atoms with van der Waals surface area (Å²) in [5.41, 5.74) is 0.629. The zero-order chi connectivity index (χ0) is 16.2. The molecule has 3 rings (SSSR count). The molecule has 1 N–H and O–H groups in total. The van der Waals surface area contributed by atoms with Crippen molar-refractivity contribution in [1.82, 2.24) is 4.98 Å². The summed E-state index contributed by atoms with van der Waals surface area (Å²) in [7, 11) is 0. The molecule has 0 radical (unpaired) electrons. The van der Waals surface area contributed by atoms with E-state index in [0.29, 0.717) is 28.7 Å². The number of rotatable bonds is 4. The number of hydrogen-bond donors (Lipinski definition) is 1. The third-order valence-corrected chi connectivity index (χ3v) is 4.70. The lowest BCUT2D eigenvalue weighted by Gasteiger charge is -2.27. The predicted molar refractivity (Wildman–Crippen MR) is 89.5 cm³/mol. The molecule has 0 unspecified atom stereocenters. The SMILES string of the molecule is CC(=O)c1ccc(C(=O)Nc2ccc(N3CCOCC3)nc2)s1. The summed E-state index contributed by atoms with van der Waals surface area (Å²) in [4.78, 5) is 31.1. The first-order valence-corrected chi connectivity index (χ1v) is 8.16. The molecule has 0 saturated carbocycles. The number of nitrogens with one attached hydrogen (secondary N) is 1. The first-order chi connectivity index (χ1) is 11.1. The Hall–Kier alpha value is -2.25. The maximum absolute atomic E-state index is 12.2. The number of anilines is 2. The van der Waals surface area contributed by atoms with Crippen LogP contribution in [0.25, 0.3) is 0 Å². The van der Waals surface area contributed by atoms with E-state index in [9.17, 15) is 9.59 Å². The molecule has 0 aliphatic carbocycles. The monoisotopic (exact) mass is 331 g/mol. The molecular weight excluding hydrogens is 314 g/mol. The fraction of sp³-hybridized carbons (Fsp3) is 0.312. The van der Waals surface area contributed by atoms with Crippen molar-refractivity contribution in [2.45, 2.75) is 6.92 Å². The third kappa shape index (κ3) is 3.75. The summed E-state index contributed by atoms with van der Waals surface area (Å²) >= 11 is 1.19. The molecule has 0 aromatic carbocycles. The molecule has 1 amide bonds. The van der Waals surface area contributed by atoms with Gasteiger partial charge in [0.25, 0.3) is 5.91 Å². The van der Waals surface area contributed by atoms with E-state index >= 15 is 0 Å². The number of pyridine rings is 1. The Bertz CT molecular complexity index is 706. The Morgan fingerprint density at radius 2 is 1.91 bits per heavy atom. The number of nitrogens with zero attached hydrogens (tertiary/aromatic N) is 2. The van der Waals surface area contributed by atoms with Gasteiger partial charge in [-0.25, -0.2) is 4.98 Å². The second-order valence-corrected chi connectivity index (χ2v) is 6.26. The van der Waals surface area contributed by atoms with Crippen LogP contribution in [-0.4, -0.2) is 43.0 Å². The van der Waals surface area contributed by atoms with Gasteiger partial charge < -0.3 is 15.0 Å². The number of morpholine rings is 1. The second kappa shape index (κ2) is 6.89. The summed E-state index contributed by atoms with van der Waals surface area (Å²) in [6, 6.07) is 7.04. The van der Waals surface area contributed by atoms with Gasteiger partial charge in [-0.3, -0.25) is 9.59 Å². The van der Waals surface area contributed by atoms with Crippen molar-refractivity contribution in [2.24, 2.45) is 0 Å². The quantitative estimate of drug-likeness (QED) is 0.871. The summed E-state index contributed by atoms with van der Waals surface area (Å²) < 4.78 is 5.32. The Balaban J connectivity index is 1.65. The molecule has 0 spiro atoms. The number of thiophene rings is 1. The Morgan fingerprint density at radius 1 is 1.17 bits per heavy atom. The van der Waals surface area contributed by atoms with E-state index in [1.165, 1.54) is 18.3 Å². The molecule has 7 heteroatoms. The average Bonchev–Trinajstić information content (AvgIpc) is 3.07. The standard InChI is InChI=1S/C16H17N3O3S/c1-11(20)13-3-4-14(23-13)16(21)18-12-2-5-15(17-10-12)19-6-8-22-9-7-19/h2-5,10H,6-9H2,1H3,(H,18,21). The van der Waals surface area contributed by atoms with E-state index in [2.05, 4.69) is 15.2 Å². The van der Waals surface area contributed by atoms with E-state index in [-0.39, 0.29) is 11.7 Å². The number of aromatic nitrogens is 1. The highest BCUT2D eigenvalue weighted by atomic mass is 32.1. The largest absolute Gasteiger partial charge is 0.378 e. The number of carbonyl (C=O) groups excluding carboxylic acids is 2. The van der Waals surface area contributed by atoms with Gasteiger partial charge in [-0.05, 0) is 31.2 Å². The van der Waals surface area contributed by atoms with Gasteiger partial charge in [0.1, 0.15) is 5.82 Å². The molecule has 1 fully saturated rings. The van der Waals surface area contributed by atoms with E-state index in [4.69, 9.17) is 4.74 Å². The molecule has 6 nitrogen and oxygen atoms in total. The molecular formula is C16H17N3O3S. The second-order valence-electron chi connectivity index (χ2n) is 5.18. The first-order valence-electron chi connectivity index (χ1n) is 7.34. The minimum absolute atomic E-state index is 0.0365. The van der Waals surface area contributed by atoms with Gasteiger partial charge in [0.15, 0.2) is 5.78 Å². The predicted octanol–water partition coefficient (Wildman–Crippen LogP) is 2.43. The number of carbonyl (C=O) groups is 2. The maximum Gasteiger partial charge on any atom is 0.265 e. The molecule has 1 saturated heterocycles. The lowest BCUT2D eigenvalue weighted by Crippen LogP contribution is -2.36. The average molecular weight is 331 g/mol. The number of ketones is 1. The Kier molecular flexibility index (Phi) is 4.68. The number of amides is 1. The zero-order valence-corrected chi connectivity index (χ0v) is 13.6. The summed E-state index contributed by atoms with van der Waals surface area (Å²) in [6.45, 7) is 4.54. The van der Waals surface area contributed by atoms with E-state index in [1.807, 2.05) is 12.1 Å². The fourth-order valence-corrected chi connectivity index (χ4v) is 3.08. The van der Waals surface area contributed by atoms with Crippen molar-refractivity contribution < 1.29 is 14.3 Å². The van der Waals surface area contributed by atoms with E-state index in [1.54, 1.807) is 18.3 Å². The van der Waals surface area contributed by atoms with Crippen molar-refractivity contribution >= 4 is 34.5 Å².